The van der Waals surface area contributed by atoms with Gasteiger partial charge in [0.05, 0.1) is 18.7 Å². The Morgan fingerprint density at radius 3 is 2.17 bits per heavy atom. The van der Waals surface area contributed by atoms with Crippen LogP contribution in [0.25, 0.3) is 0 Å². The molecule has 2 aromatic rings. The van der Waals surface area contributed by atoms with Crippen molar-refractivity contribution >= 4 is 26.0 Å². The Morgan fingerprint density at radius 1 is 0.913 bits per heavy atom. The third kappa shape index (κ3) is 3.79. The topological polar surface area (TPSA) is 61.8 Å². The number of methoxy groups -OCH3 is 2. The monoisotopic (exact) mass is 400 g/mol. The van der Waals surface area contributed by atoms with Crippen LogP contribution in [0.15, 0.2) is 39.7 Å². The van der Waals surface area contributed by atoms with Crippen LogP contribution in [0.5, 0.6) is 17.2 Å². The Kier molecular flexibility index (Phi) is 5.21. The molecule has 0 aromatic heterocycles. The average Bonchev–Trinajstić information content (AvgIpc) is 2.50. The second-order valence-corrected chi connectivity index (χ2v) is 7.31. The highest BCUT2D eigenvalue weighted by Crippen LogP contribution is 2.36. The van der Waals surface area contributed by atoms with Crippen LogP contribution in [0.3, 0.4) is 0 Å². The van der Waals surface area contributed by atoms with Gasteiger partial charge in [0, 0.05) is 6.07 Å². The number of hydrogen-bond acceptors (Lipinski definition) is 5. The number of rotatable bonds is 5. The summed E-state index contributed by atoms with van der Waals surface area (Å²) < 4.78 is 41.5. The molecule has 0 saturated carbocycles. The summed E-state index contributed by atoms with van der Waals surface area (Å²) in [5.41, 5.74) is 1.63. The lowest BCUT2D eigenvalue weighted by molar-refractivity contribution is 0.386. The van der Waals surface area contributed by atoms with Crippen LogP contribution < -0.4 is 13.7 Å². The van der Waals surface area contributed by atoms with Crippen molar-refractivity contribution in [3.63, 3.8) is 0 Å². The minimum Gasteiger partial charge on any atom is -0.496 e. The van der Waals surface area contributed by atoms with Gasteiger partial charge in [-0.15, -0.1) is 0 Å². The fourth-order valence-corrected chi connectivity index (χ4v) is 3.62. The highest BCUT2D eigenvalue weighted by Gasteiger charge is 2.25. The third-order valence-corrected chi connectivity index (χ3v) is 5.13. The molecule has 0 spiro atoms. The van der Waals surface area contributed by atoms with Crippen molar-refractivity contribution in [2.75, 3.05) is 14.2 Å². The molecule has 0 N–H and O–H groups in total. The van der Waals surface area contributed by atoms with Gasteiger partial charge in [-0.25, -0.2) is 0 Å². The number of halogens is 1. The highest BCUT2D eigenvalue weighted by molar-refractivity contribution is 9.10. The summed E-state index contributed by atoms with van der Waals surface area (Å²) in [6, 6.07) is 8.26. The van der Waals surface area contributed by atoms with Crippen molar-refractivity contribution in [1.29, 1.82) is 0 Å². The molecule has 0 saturated heterocycles. The minimum absolute atomic E-state index is 0.0963. The molecule has 0 aliphatic heterocycles. The van der Waals surface area contributed by atoms with Gasteiger partial charge in [-0.05, 0) is 53.0 Å². The predicted octanol–water partition coefficient (Wildman–Crippen LogP) is 3.85. The largest absolute Gasteiger partial charge is 0.496 e. The first kappa shape index (κ1) is 17.6. The van der Waals surface area contributed by atoms with E-state index in [1.807, 2.05) is 13.0 Å². The maximum absolute atomic E-state index is 12.7. The lowest BCUT2D eigenvalue weighted by atomic mass is 10.1. The molecule has 23 heavy (non-hydrogen) atoms. The van der Waals surface area contributed by atoms with Gasteiger partial charge in [-0.3, -0.25) is 0 Å². The molecule has 0 unspecified atom stereocenters. The summed E-state index contributed by atoms with van der Waals surface area (Å²) in [6.45, 7) is 3.64. The second-order valence-electron chi connectivity index (χ2n) is 4.94. The number of ether oxygens (including phenoxy) is 2. The summed E-state index contributed by atoms with van der Waals surface area (Å²) in [7, 11) is -1.22. The van der Waals surface area contributed by atoms with Crippen molar-refractivity contribution in [2.45, 2.75) is 18.7 Å². The second kappa shape index (κ2) is 6.80. The van der Waals surface area contributed by atoms with Gasteiger partial charge in [0.1, 0.15) is 17.2 Å². The molecule has 7 heteroatoms. The zero-order valence-corrected chi connectivity index (χ0v) is 15.6. The normalized spacial score (nSPS) is 11.2. The van der Waals surface area contributed by atoms with Gasteiger partial charge >= 0.3 is 10.1 Å². The van der Waals surface area contributed by atoms with Crippen molar-refractivity contribution in [1.82, 2.24) is 0 Å². The smallest absolute Gasteiger partial charge is 0.343 e. The van der Waals surface area contributed by atoms with Gasteiger partial charge in [-0.2, -0.15) is 8.42 Å². The zero-order chi connectivity index (χ0) is 17.2. The van der Waals surface area contributed by atoms with Crippen LogP contribution in [0.1, 0.15) is 11.1 Å². The summed E-state index contributed by atoms with van der Waals surface area (Å²) in [6.07, 6.45) is 0. The Balaban J connectivity index is 2.53. The Labute approximate surface area is 144 Å². The van der Waals surface area contributed by atoms with E-state index in [4.69, 9.17) is 13.7 Å². The molecule has 0 fully saturated rings. The fourth-order valence-electron chi connectivity index (χ4n) is 1.99. The van der Waals surface area contributed by atoms with Gasteiger partial charge in [0.2, 0.25) is 0 Å². The summed E-state index contributed by atoms with van der Waals surface area (Å²) in [5.74, 6) is 0.825. The summed E-state index contributed by atoms with van der Waals surface area (Å²) >= 11 is 3.30. The lowest BCUT2D eigenvalue weighted by Crippen LogP contribution is -2.12. The van der Waals surface area contributed by atoms with E-state index in [2.05, 4.69) is 15.9 Å². The zero-order valence-electron chi connectivity index (χ0n) is 13.2. The van der Waals surface area contributed by atoms with E-state index >= 15 is 0 Å². The van der Waals surface area contributed by atoms with Crippen LogP contribution in [0.4, 0.5) is 0 Å². The van der Waals surface area contributed by atoms with Crippen molar-refractivity contribution in [3.05, 3.63) is 45.9 Å². The highest BCUT2D eigenvalue weighted by atomic mass is 79.9. The molecule has 0 bridgehead atoms. The predicted molar refractivity (Wildman–Crippen MR) is 91.0 cm³/mol. The molecule has 2 aromatic carbocycles. The molecule has 2 rings (SSSR count). The minimum atomic E-state index is -4.07. The Bertz CT molecular complexity index is 831. The lowest BCUT2D eigenvalue weighted by Gasteiger charge is -2.14. The first-order valence-corrected chi connectivity index (χ1v) is 8.92. The van der Waals surface area contributed by atoms with Crippen LogP contribution in [0, 0.1) is 13.8 Å². The molecule has 0 aliphatic rings. The number of benzene rings is 2. The molecule has 124 valence electrons. The molecular formula is C16H17BrO5S. The van der Waals surface area contributed by atoms with Crippen LogP contribution in [-0.4, -0.2) is 22.6 Å². The van der Waals surface area contributed by atoms with Crippen LogP contribution in [0.2, 0.25) is 0 Å². The van der Waals surface area contributed by atoms with Crippen molar-refractivity contribution < 1.29 is 22.1 Å². The standard InChI is InChI=1S/C16H17BrO5S/c1-10-5-6-11(2)13(7-10)22-23(18,19)16-9-14(20-3)12(17)8-15(16)21-4/h5-9H,1-4H3. The van der Waals surface area contributed by atoms with E-state index in [9.17, 15) is 8.42 Å². The maximum atomic E-state index is 12.7. The van der Waals surface area contributed by atoms with Gasteiger partial charge < -0.3 is 13.7 Å². The fraction of sp³-hybridized carbons (Fsp3) is 0.250. The molecule has 0 heterocycles. The molecule has 5 nitrogen and oxygen atoms in total. The molecular weight excluding hydrogens is 384 g/mol. The van der Waals surface area contributed by atoms with E-state index in [1.54, 1.807) is 19.1 Å². The van der Waals surface area contributed by atoms with E-state index in [-0.39, 0.29) is 16.4 Å². The number of hydrogen-bond donors (Lipinski definition) is 0. The first-order valence-electron chi connectivity index (χ1n) is 6.71. The van der Waals surface area contributed by atoms with Gasteiger partial charge in [0.25, 0.3) is 0 Å². The first-order chi connectivity index (χ1) is 10.8. The molecule has 0 atom stereocenters. The van der Waals surface area contributed by atoms with Gasteiger partial charge in [-0.1, -0.05) is 12.1 Å². The van der Waals surface area contributed by atoms with E-state index < -0.39 is 10.1 Å². The van der Waals surface area contributed by atoms with Crippen molar-refractivity contribution in [3.8, 4) is 17.2 Å². The summed E-state index contributed by atoms with van der Waals surface area (Å²) in [4.78, 5) is -0.0963. The SMILES string of the molecule is COc1cc(S(=O)(=O)Oc2cc(C)ccc2C)c(OC)cc1Br. The maximum Gasteiger partial charge on any atom is 0.343 e. The van der Waals surface area contributed by atoms with E-state index in [0.29, 0.717) is 10.2 Å². The average molecular weight is 401 g/mol. The molecule has 0 amide bonds. The quantitative estimate of drug-likeness (QED) is 0.713. The molecule has 0 aliphatic carbocycles. The molecule has 0 radical (unpaired) electrons. The summed E-state index contributed by atoms with van der Waals surface area (Å²) in [5, 5.41) is 0. The van der Waals surface area contributed by atoms with Crippen LogP contribution in [-0.2, 0) is 10.1 Å². The van der Waals surface area contributed by atoms with Gasteiger partial charge in [0.15, 0.2) is 4.90 Å². The van der Waals surface area contributed by atoms with Crippen LogP contribution >= 0.6 is 15.9 Å². The van der Waals surface area contributed by atoms with Crippen molar-refractivity contribution in [2.24, 2.45) is 0 Å². The Morgan fingerprint density at radius 2 is 1.57 bits per heavy atom. The Hall–Kier alpha value is -1.73. The number of aryl methyl sites for hydroxylation is 2. The third-order valence-electron chi connectivity index (χ3n) is 3.25. The van der Waals surface area contributed by atoms with E-state index in [0.717, 1.165) is 11.1 Å². The van der Waals surface area contributed by atoms with E-state index in [1.165, 1.54) is 26.4 Å².